The third-order valence-electron chi connectivity index (χ3n) is 3.51. The van der Waals surface area contributed by atoms with Gasteiger partial charge in [-0.15, -0.1) is 0 Å². The van der Waals surface area contributed by atoms with Crippen molar-refractivity contribution in [1.82, 2.24) is 0 Å². The van der Waals surface area contributed by atoms with Gasteiger partial charge < -0.3 is 14.6 Å². The number of ether oxygens (including phenoxy) is 2. The van der Waals surface area contributed by atoms with E-state index in [4.69, 9.17) is 9.84 Å². The molecule has 0 aliphatic rings. The smallest absolute Gasteiger partial charge is 0.429 e. The lowest BCUT2D eigenvalue weighted by atomic mass is 10.0. The van der Waals surface area contributed by atoms with E-state index in [1.165, 1.54) is 0 Å². The highest BCUT2D eigenvalue weighted by Gasteiger charge is 2.71. The van der Waals surface area contributed by atoms with E-state index in [-0.39, 0.29) is 11.5 Å². The predicted octanol–water partition coefficient (Wildman–Crippen LogP) is 4.43. The Morgan fingerprint density at radius 2 is 1.46 bits per heavy atom. The van der Waals surface area contributed by atoms with Crippen molar-refractivity contribution in [1.29, 1.82) is 0 Å². The van der Waals surface area contributed by atoms with Crippen molar-refractivity contribution in [3.05, 3.63) is 24.3 Å². The molecule has 1 rings (SSSR count). The van der Waals surface area contributed by atoms with Gasteiger partial charge in [0.05, 0.1) is 0 Å². The van der Waals surface area contributed by atoms with Crippen molar-refractivity contribution in [2.24, 2.45) is 0 Å². The number of esters is 1. The average molecular weight is 500 g/mol. The van der Waals surface area contributed by atoms with Gasteiger partial charge in [0.15, 0.2) is 0 Å². The summed E-state index contributed by atoms with van der Waals surface area (Å²) in [5, 5.41) is 8.99. The highest BCUT2D eigenvalue weighted by Crippen LogP contribution is 2.43. The summed E-state index contributed by atoms with van der Waals surface area (Å²) in [6.07, 6.45) is -11.4. The van der Waals surface area contributed by atoms with Gasteiger partial charge in [-0.3, -0.25) is 4.79 Å². The van der Waals surface area contributed by atoms with Gasteiger partial charge in [0, 0.05) is 0 Å². The highest BCUT2D eigenvalue weighted by molar-refractivity contribution is 14.1. The summed E-state index contributed by atoms with van der Waals surface area (Å²) in [7, 11) is 0. The van der Waals surface area contributed by atoms with Crippen LogP contribution in [0.25, 0.3) is 0 Å². The normalized spacial score (nSPS) is 15.3. The molecule has 148 valence electrons. The number of alkyl halides is 7. The van der Waals surface area contributed by atoms with Gasteiger partial charge in [0.1, 0.15) is 21.5 Å². The number of carbonyl (C=O) groups is 1. The molecule has 0 amide bonds. The second-order valence-corrected chi connectivity index (χ2v) is 7.94. The van der Waals surface area contributed by atoms with Crippen LogP contribution in [0.4, 0.5) is 26.3 Å². The van der Waals surface area contributed by atoms with Crippen LogP contribution in [0.15, 0.2) is 24.3 Å². The van der Waals surface area contributed by atoms with Crippen molar-refractivity contribution in [3.8, 4) is 11.5 Å². The molecule has 0 radical (unpaired) electrons. The molecular formula is C15H15F6IO4. The number of aliphatic hydroxyl groups is 1. The third kappa shape index (κ3) is 5.15. The van der Waals surface area contributed by atoms with Gasteiger partial charge in [0.2, 0.25) is 0 Å². The standard InChI is InChI=1S/C15H15F6IO4/c1-3-12(2,22)11(23)26-10-6-4-9(5-7-10)25-8-13(24,14(16,17)18)15(19,20)21/h4-7,24H,3,8H2,1-2H3. The first-order valence-corrected chi connectivity index (χ1v) is 8.22. The van der Waals surface area contributed by atoms with Crippen molar-refractivity contribution in [2.75, 3.05) is 6.61 Å². The number of carbonyl (C=O) groups excluding carboxylic acids is 1. The topological polar surface area (TPSA) is 55.8 Å². The lowest BCUT2D eigenvalue weighted by Gasteiger charge is -2.31. The Hall–Kier alpha value is -1.24. The maximum Gasteiger partial charge on any atom is 0.429 e. The molecule has 0 fully saturated rings. The van der Waals surface area contributed by atoms with Gasteiger partial charge in [-0.25, -0.2) is 0 Å². The van der Waals surface area contributed by atoms with Crippen LogP contribution in [0.3, 0.4) is 0 Å². The van der Waals surface area contributed by atoms with Crippen molar-refractivity contribution >= 4 is 28.6 Å². The molecule has 0 bridgehead atoms. The first kappa shape index (κ1) is 22.8. The maximum atomic E-state index is 12.5. The molecule has 0 aliphatic carbocycles. The number of halogens is 7. The fourth-order valence-electron chi connectivity index (χ4n) is 1.47. The zero-order valence-corrected chi connectivity index (χ0v) is 15.7. The first-order chi connectivity index (χ1) is 11.6. The van der Waals surface area contributed by atoms with Crippen LogP contribution in [0.1, 0.15) is 20.3 Å². The van der Waals surface area contributed by atoms with E-state index in [2.05, 4.69) is 4.74 Å². The van der Waals surface area contributed by atoms with Gasteiger partial charge in [-0.1, -0.05) is 29.5 Å². The lowest BCUT2D eigenvalue weighted by Crippen LogP contribution is -2.60. The maximum absolute atomic E-state index is 12.5. The van der Waals surface area contributed by atoms with Crippen LogP contribution in [-0.2, 0) is 4.79 Å². The minimum Gasteiger partial charge on any atom is -0.490 e. The fraction of sp³-hybridized carbons (Fsp3) is 0.533. The average Bonchev–Trinajstić information content (AvgIpc) is 2.51. The Morgan fingerprint density at radius 1 is 1.04 bits per heavy atom. The van der Waals surface area contributed by atoms with Gasteiger partial charge >= 0.3 is 18.3 Å². The second-order valence-electron chi connectivity index (χ2n) is 5.56. The zero-order valence-electron chi connectivity index (χ0n) is 13.5. The molecule has 4 nitrogen and oxygen atoms in total. The summed E-state index contributed by atoms with van der Waals surface area (Å²) < 4.78 is 84.0. The Bertz CT molecular complexity index is 611. The monoisotopic (exact) mass is 500 g/mol. The summed E-state index contributed by atoms with van der Waals surface area (Å²) in [6, 6.07) is 4.34. The van der Waals surface area contributed by atoms with Crippen LogP contribution < -0.4 is 9.47 Å². The molecule has 0 aliphatic heterocycles. The van der Waals surface area contributed by atoms with Gasteiger partial charge in [-0.2, -0.15) is 26.3 Å². The van der Waals surface area contributed by atoms with E-state index in [0.29, 0.717) is 6.42 Å². The van der Waals surface area contributed by atoms with E-state index in [1.54, 1.807) is 13.8 Å². The highest BCUT2D eigenvalue weighted by atomic mass is 127. The van der Waals surface area contributed by atoms with Crippen LogP contribution in [0.5, 0.6) is 11.5 Å². The van der Waals surface area contributed by atoms with Crippen molar-refractivity contribution in [2.45, 2.75) is 41.6 Å². The molecule has 0 heterocycles. The molecule has 1 aromatic rings. The molecular weight excluding hydrogens is 485 g/mol. The van der Waals surface area contributed by atoms with Crippen LogP contribution in [0.2, 0.25) is 0 Å². The molecule has 1 unspecified atom stereocenters. The number of rotatable bonds is 6. The van der Waals surface area contributed by atoms with Crippen LogP contribution in [-0.4, -0.2) is 39.1 Å². The molecule has 26 heavy (non-hydrogen) atoms. The first-order valence-electron chi connectivity index (χ1n) is 7.14. The number of hydrogen-bond donors (Lipinski definition) is 1. The zero-order chi connectivity index (χ0) is 20.4. The number of benzene rings is 1. The summed E-state index contributed by atoms with van der Waals surface area (Å²) >= 11 is 1.90. The van der Waals surface area contributed by atoms with Crippen LogP contribution in [0, 0.1) is 0 Å². The number of hydrogen-bond acceptors (Lipinski definition) is 4. The van der Waals surface area contributed by atoms with Crippen molar-refractivity contribution < 1.29 is 45.7 Å². The fourth-order valence-corrected chi connectivity index (χ4v) is 1.58. The lowest BCUT2D eigenvalue weighted by molar-refractivity contribution is -0.373. The van der Waals surface area contributed by atoms with E-state index in [1.807, 2.05) is 22.6 Å². The van der Waals surface area contributed by atoms with E-state index >= 15 is 0 Å². The van der Waals surface area contributed by atoms with E-state index in [9.17, 15) is 31.1 Å². The molecule has 11 heteroatoms. The van der Waals surface area contributed by atoms with E-state index < -0.39 is 34.0 Å². The minimum absolute atomic E-state index is 0.0422. The molecule has 0 spiro atoms. The Labute approximate surface area is 158 Å². The third-order valence-corrected chi connectivity index (χ3v) is 4.71. The molecule has 0 saturated carbocycles. The van der Waals surface area contributed by atoms with Crippen molar-refractivity contribution in [3.63, 3.8) is 0 Å². The Balaban J connectivity index is 2.83. The largest absolute Gasteiger partial charge is 0.490 e. The molecule has 1 N–H and O–H groups in total. The Kier molecular flexibility index (Phi) is 6.83. The van der Waals surface area contributed by atoms with Gasteiger partial charge in [0.25, 0.3) is 5.60 Å². The van der Waals surface area contributed by atoms with E-state index in [0.717, 1.165) is 24.3 Å². The minimum atomic E-state index is -5.97. The summed E-state index contributed by atoms with van der Waals surface area (Å²) in [5.74, 6) is -0.886. The SMILES string of the molecule is CCC(C)(I)C(=O)Oc1ccc(OCC(O)(C(F)(F)F)C(F)(F)F)cc1. The summed E-state index contributed by atoms with van der Waals surface area (Å²) in [6.45, 7) is 1.34. The summed E-state index contributed by atoms with van der Waals surface area (Å²) in [5.41, 5.74) is -5.00. The molecule has 1 atom stereocenters. The Morgan fingerprint density at radius 3 is 1.85 bits per heavy atom. The van der Waals surface area contributed by atoms with Crippen LogP contribution >= 0.6 is 22.6 Å². The second kappa shape index (κ2) is 7.79. The molecule has 0 saturated heterocycles. The molecule has 0 aromatic heterocycles. The predicted molar refractivity (Wildman–Crippen MR) is 87.3 cm³/mol. The molecule has 1 aromatic carbocycles. The summed E-state index contributed by atoms with van der Waals surface area (Å²) in [4.78, 5) is 11.9. The quantitative estimate of drug-likeness (QED) is 0.207. The van der Waals surface area contributed by atoms with Gasteiger partial charge in [-0.05, 0) is 37.6 Å².